The second-order valence-corrected chi connectivity index (χ2v) is 8.39. The minimum Gasteiger partial charge on any atom is -0.338 e. The van der Waals surface area contributed by atoms with Crippen LogP contribution in [0.3, 0.4) is 0 Å². The summed E-state index contributed by atoms with van der Waals surface area (Å²) in [4.78, 5) is 22.2. The van der Waals surface area contributed by atoms with Gasteiger partial charge in [0.15, 0.2) is 0 Å². The van der Waals surface area contributed by atoms with Crippen molar-refractivity contribution in [3.8, 4) is 11.1 Å². The highest BCUT2D eigenvalue weighted by Gasteiger charge is 2.25. The number of rotatable bonds is 7. The molecule has 1 aromatic carbocycles. The molecule has 3 aromatic rings. The molecule has 162 valence electrons. The Hall–Kier alpha value is -2.92. The van der Waals surface area contributed by atoms with E-state index in [-0.39, 0.29) is 5.91 Å². The summed E-state index contributed by atoms with van der Waals surface area (Å²) < 4.78 is 2.11. The summed E-state index contributed by atoms with van der Waals surface area (Å²) in [5.74, 6) is 0.129. The maximum Gasteiger partial charge on any atom is 0.270 e. The second-order valence-electron chi connectivity index (χ2n) is 8.39. The molecule has 5 nitrogen and oxygen atoms in total. The van der Waals surface area contributed by atoms with Crippen LogP contribution in [0.2, 0.25) is 0 Å². The van der Waals surface area contributed by atoms with Crippen LogP contribution >= 0.6 is 0 Å². The number of hydrogen-bond acceptors (Lipinski definition) is 3. The van der Waals surface area contributed by atoms with Crippen molar-refractivity contribution in [2.24, 2.45) is 0 Å². The van der Waals surface area contributed by atoms with Gasteiger partial charge in [0.1, 0.15) is 5.69 Å². The van der Waals surface area contributed by atoms with Crippen LogP contribution in [0.25, 0.3) is 11.1 Å². The van der Waals surface area contributed by atoms with E-state index in [1.165, 1.54) is 24.0 Å². The maximum absolute atomic E-state index is 13.5. The first-order valence-corrected chi connectivity index (χ1v) is 11.3. The minimum absolute atomic E-state index is 0.129. The Bertz CT molecular complexity index is 1000. The molecule has 0 N–H and O–H groups in total. The number of nitrogens with zero attached hydrogens (tertiary/aromatic N) is 4. The lowest BCUT2D eigenvalue weighted by Crippen LogP contribution is -2.49. The molecule has 0 radical (unpaired) electrons. The lowest BCUT2D eigenvalue weighted by Gasteiger charge is -2.34. The maximum atomic E-state index is 13.5. The van der Waals surface area contributed by atoms with Crippen molar-refractivity contribution >= 4 is 5.91 Å². The average molecular weight is 417 g/mol. The van der Waals surface area contributed by atoms with Gasteiger partial charge < -0.3 is 9.47 Å². The zero-order chi connectivity index (χ0) is 21.6. The van der Waals surface area contributed by atoms with Crippen molar-refractivity contribution in [3.63, 3.8) is 0 Å². The quantitative estimate of drug-likeness (QED) is 0.571. The van der Waals surface area contributed by atoms with Crippen molar-refractivity contribution in [2.75, 3.05) is 32.7 Å². The molecule has 0 bridgehead atoms. The van der Waals surface area contributed by atoms with Crippen molar-refractivity contribution in [3.05, 3.63) is 77.9 Å². The van der Waals surface area contributed by atoms with E-state index in [9.17, 15) is 4.79 Å². The van der Waals surface area contributed by atoms with E-state index < -0.39 is 0 Å². The van der Waals surface area contributed by atoms with Crippen molar-refractivity contribution < 1.29 is 4.79 Å². The Balaban J connectivity index is 1.59. The van der Waals surface area contributed by atoms with Gasteiger partial charge in [0.25, 0.3) is 5.91 Å². The fourth-order valence-electron chi connectivity index (χ4n) is 4.21. The van der Waals surface area contributed by atoms with Gasteiger partial charge in [0.05, 0.1) is 0 Å². The smallest absolute Gasteiger partial charge is 0.270 e. The Kier molecular flexibility index (Phi) is 6.82. The molecular weight excluding hydrogens is 384 g/mol. The topological polar surface area (TPSA) is 41.4 Å². The van der Waals surface area contributed by atoms with Gasteiger partial charge >= 0.3 is 0 Å². The predicted molar refractivity (Wildman–Crippen MR) is 125 cm³/mol. The second kappa shape index (κ2) is 9.92. The fourth-order valence-corrected chi connectivity index (χ4v) is 4.21. The molecule has 2 aromatic heterocycles. The summed E-state index contributed by atoms with van der Waals surface area (Å²) >= 11 is 0. The molecule has 0 aliphatic carbocycles. The third kappa shape index (κ3) is 5.05. The van der Waals surface area contributed by atoms with Crippen LogP contribution in [-0.2, 0) is 6.54 Å². The number of aryl methyl sites for hydroxylation is 1. The van der Waals surface area contributed by atoms with E-state index in [1.807, 2.05) is 23.1 Å². The minimum atomic E-state index is 0.129. The third-order valence-electron chi connectivity index (χ3n) is 6.22. The van der Waals surface area contributed by atoms with Crippen LogP contribution in [0.15, 0.2) is 61.1 Å². The normalized spacial score (nSPS) is 14.7. The number of unbranched alkanes of at least 4 members (excludes halogenated alkanes) is 1. The molecule has 0 spiro atoms. The van der Waals surface area contributed by atoms with Gasteiger partial charge in [-0.3, -0.25) is 14.7 Å². The highest BCUT2D eigenvalue weighted by atomic mass is 16.2. The summed E-state index contributed by atoms with van der Waals surface area (Å²) in [6.45, 7) is 9.68. The number of carbonyl (C=O) groups excluding carboxylic acids is 1. The SMILES string of the molecule is CCCCN1CCN(C(=O)c2cc(-c3ccncc3)cn2Cc2ccccc2C)CC1. The van der Waals surface area contributed by atoms with E-state index in [2.05, 4.69) is 58.8 Å². The molecule has 31 heavy (non-hydrogen) atoms. The number of pyridine rings is 1. The molecule has 1 amide bonds. The number of benzene rings is 1. The summed E-state index contributed by atoms with van der Waals surface area (Å²) in [6.07, 6.45) is 8.13. The van der Waals surface area contributed by atoms with E-state index in [4.69, 9.17) is 0 Å². The lowest BCUT2D eigenvalue weighted by atomic mass is 10.1. The molecular formula is C26H32N4O. The monoisotopic (exact) mass is 416 g/mol. The van der Waals surface area contributed by atoms with Crippen LogP contribution < -0.4 is 0 Å². The molecule has 0 saturated carbocycles. The van der Waals surface area contributed by atoms with Gasteiger partial charge in [-0.25, -0.2) is 0 Å². The average Bonchev–Trinajstić information content (AvgIpc) is 3.23. The molecule has 4 rings (SSSR count). The molecule has 0 unspecified atom stereocenters. The van der Waals surface area contributed by atoms with Crippen LogP contribution in [0.5, 0.6) is 0 Å². The first-order valence-electron chi connectivity index (χ1n) is 11.3. The molecule has 1 saturated heterocycles. The van der Waals surface area contributed by atoms with Crippen LogP contribution in [-0.4, -0.2) is 58.0 Å². The van der Waals surface area contributed by atoms with E-state index in [1.54, 1.807) is 12.4 Å². The number of carbonyl (C=O) groups is 1. The predicted octanol–water partition coefficient (Wildman–Crippen LogP) is 4.46. The van der Waals surface area contributed by atoms with Crippen LogP contribution in [0.1, 0.15) is 41.4 Å². The number of aromatic nitrogens is 2. The Morgan fingerprint density at radius 2 is 1.74 bits per heavy atom. The van der Waals surface area contributed by atoms with Crippen LogP contribution in [0.4, 0.5) is 0 Å². The summed E-state index contributed by atoms with van der Waals surface area (Å²) in [5.41, 5.74) is 5.37. The molecule has 3 heterocycles. The number of hydrogen-bond donors (Lipinski definition) is 0. The number of piperazine rings is 1. The van der Waals surface area contributed by atoms with E-state index in [0.29, 0.717) is 6.54 Å². The van der Waals surface area contributed by atoms with Gasteiger partial charge in [0.2, 0.25) is 0 Å². The van der Waals surface area contributed by atoms with Gasteiger partial charge in [0, 0.05) is 56.9 Å². The standard InChI is InChI=1S/C26H32N4O/c1-3-4-13-28-14-16-29(17-15-28)26(31)25-18-24(22-9-11-27-12-10-22)20-30(25)19-23-8-6-5-7-21(23)2/h5-12,18,20H,3-4,13-17,19H2,1-2H3. The van der Waals surface area contributed by atoms with E-state index >= 15 is 0 Å². The van der Waals surface area contributed by atoms with E-state index in [0.717, 1.165) is 49.5 Å². The molecule has 1 fully saturated rings. The zero-order valence-corrected chi connectivity index (χ0v) is 18.6. The van der Waals surface area contributed by atoms with Gasteiger partial charge in [-0.1, -0.05) is 37.6 Å². The lowest BCUT2D eigenvalue weighted by molar-refractivity contribution is 0.0625. The van der Waals surface area contributed by atoms with Gasteiger partial charge in [-0.2, -0.15) is 0 Å². The first-order chi connectivity index (χ1) is 15.2. The van der Waals surface area contributed by atoms with Crippen molar-refractivity contribution in [1.82, 2.24) is 19.4 Å². The highest BCUT2D eigenvalue weighted by Crippen LogP contribution is 2.24. The highest BCUT2D eigenvalue weighted by molar-refractivity contribution is 5.94. The Morgan fingerprint density at radius 3 is 2.45 bits per heavy atom. The number of amides is 1. The van der Waals surface area contributed by atoms with Crippen molar-refractivity contribution in [1.29, 1.82) is 0 Å². The van der Waals surface area contributed by atoms with Gasteiger partial charge in [-0.05, 0) is 54.8 Å². The largest absolute Gasteiger partial charge is 0.338 e. The first kappa shape index (κ1) is 21.3. The summed E-state index contributed by atoms with van der Waals surface area (Å²) in [6, 6.07) is 14.4. The summed E-state index contributed by atoms with van der Waals surface area (Å²) in [5, 5.41) is 0. The molecule has 0 atom stereocenters. The molecule has 1 aliphatic rings. The Morgan fingerprint density at radius 1 is 1.00 bits per heavy atom. The molecule has 5 heteroatoms. The van der Waals surface area contributed by atoms with Gasteiger partial charge in [-0.15, -0.1) is 0 Å². The third-order valence-corrected chi connectivity index (χ3v) is 6.22. The molecule has 1 aliphatic heterocycles. The summed E-state index contributed by atoms with van der Waals surface area (Å²) in [7, 11) is 0. The van der Waals surface area contributed by atoms with Crippen LogP contribution in [0, 0.1) is 6.92 Å². The van der Waals surface area contributed by atoms with Crippen molar-refractivity contribution in [2.45, 2.75) is 33.2 Å². The fraction of sp³-hybridized carbons (Fsp3) is 0.385. The Labute approximate surface area is 185 Å². The zero-order valence-electron chi connectivity index (χ0n) is 18.6.